The number of nitrogens with zero attached hydrogens (tertiary/aromatic N) is 2. The zero-order valence-electron chi connectivity index (χ0n) is 11.7. The van der Waals surface area contributed by atoms with Gasteiger partial charge < -0.3 is 4.90 Å². The summed E-state index contributed by atoms with van der Waals surface area (Å²) in [5.41, 5.74) is 1.05. The van der Waals surface area contributed by atoms with E-state index in [1.165, 1.54) is 17.5 Å². The Kier molecular flexibility index (Phi) is 4.00. The summed E-state index contributed by atoms with van der Waals surface area (Å²) in [5, 5.41) is 6.22. The third-order valence-electron chi connectivity index (χ3n) is 3.71. The topological polar surface area (TPSA) is 83.1 Å². The molecule has 0 bridgehead atoms. The first kappa shape index (κ1) is 15.5. The number of aromatic amines is 1. The smallest absolute Gasteiger partial charge is 0.257 e. The number of hydrogen-bond acceptors (Lipinski definition) is 5. The molecule has 1 fully saturated rings. The molecule has 0 radical (unpaired) electrons. The third kappa shape index (κ3) is 2.78. The molecule has 0 spiro atoms. The molecular formula is C13H14ClN3O3S2. The molecule has 0 saturated carbocycles. The van der Waals surface area contributed by atoms with Gasteiger partial charge in [0.15, 0.2) is 9.84 Å². The zero-order chi connectivity index (χ0) is 15.9. The quantitative estimate of drug-likeness (QED) is 0.889. The number of nitrogens with one attached hydrogen (secondary N) is 1. The first-order valence-corrected chi connectivity index (χ1v) is 9.59. The largest absolute Gasteiger partial charge is 0.336 e. The molecule has 0 aromatic carbocycles. The number of aromatic nitrogens is 2. The number of sulfone groups is 1. The molecule has 1 N–H and O–H groups in total. The number of thiophene rings is 1. The van der Waals surface area contributed by atoms with Crippen molar-refractivity contribution in [1.29, 1.82) is 0 Å². The fourth-order valence-corrected chi connectivity index (χ4v) is 4.73. The lowest BCUT2D eigenvalue weighted by molar-refractivity contribution is 0.0761. The Morgan fingerprint density at radius 3 is 2.91 bits per heavy atom. The van der Waals surface area contributed by atoms with Crippen molar-refractivity contribution >= 4 is 38.7 Å². The maximum absolute atomic E-state index is 12.7. The van der Waals surface area contributed by atoms with E-state index in [0.717, 1.165) is 4.88 Å². The Morgan fingerprint density at radius 2 is 2.27 bits per heavy atom. The van der Waals surface area contributed by atoms with Gasteiger partial charge in [0.05, 0.1) is 37.7 Å². The van der Waals surface area contributed by atoms with Crippen LogP contribution in [0.1, 0.15) is 17.3 Å². The summed E-state index contributed by atoms with van der Waals surface area (Å²) >= 11 is 7.28. The minimum absolute atomic E-state index is 0.00206. The molecule has 1 saturated heterocycles. The SMILES string of the molecule is CC1CN(C(=O)c2cn[nH]c2-c2ccc(Cl)s2)CCS1(=O)=O. The number of carbonyl (C=O) groups is 1. The Morgan fingerprint density at radius 1 is 1.50 bits per heavy atom. The highest BCUT2D eigenvalue weighted by atomic mass is 35.5. The van der Waals surface area contributed by atoms with Crippen molar-refractivity contribution in [3.8, 4) is 10.6 Å². The van der Waals surface area contributed by atoms with Gasteiger partial charge in [-0.2, -0.15) is 5.10 Å². The molecule has 1 aliphatic rings. The van der Waals surface area contributed by atoms with Crippen LogP contribution in [0.3, 0.4) is 0 Å². The fraction of sp³-hybridized carbons (Fsp3) is 0.385. The van der Waals surface area contributed by atoms with Crippen LogP contribution in [0.25, 0.3) is 10.6 Å². The van der Waals surface area contributed by atoms with Crippen molar-refractivity contribution in [3.63, 3.8) is 0 Å². The Labute approximate surface area is 137 Å². The van der Waals surface area contributed by atoms with E-state index < -0.39 is 15.1 Å². The Balaban J connectivity index is 1.87. The highest BCUT2D eigenvalue weighted by molar-refractivity contribution is 7.92. The Bertz CT molecular complexity index is 812. The van der Waals surface area contributed by atoms with Crippen molar-refractivity contribution in [2.45, 2.75) is 12.2 Å². The van der Waals surface area contributed by atoms with Gasteiger partial charge >= 0.3 is 0 Å². The van der Waals surface area contributed by atoms with Crippen LogP contribution in [0.5, 0.6) is 0 Å². The van der Waals surface area contributed by atoms with Gasteiger partial charge in [-0.05, 0) is 19.1 Å². The fourth-order valence-electron chi connectivity index (χ4n) is 2.39. The molecule has 3 rings (SSSR count). The molecule has 3 heterocycles. The van der Waals surface area contributed by atoms with Crippen LogP contribution in [-0.2, 0) is 9.84 Å². The molecule has 1 unspecified atom stereocenters. The molecule has 1 atom stereocenters. The monoisotopic (exact) mass is 359 g/mol. The molecule has 118 valence electrons. The highest BCUT2D eigenvalue weighted by Gasteiger charge is 2.33. The molecule has 22 heavy (non-hydrogen) atoms. The van der Waals surface area contributed by atoms with Crippen molar-refractivity contribution in [1.82, 2.24) is 15.1 Å². The third-order valence-corrected chi connectivity index (χ3v) is 7.09. The normalized spacial score (nSPS) is 21.0. The summed E-state index contributed by atoms with van der Waals surface area (Å²) in [7, 11) is -3.09. The average Bonchev–Trinajstić information content (AvgIpc) is 3.09. The number of amides is 1. The second-order valence-corrected chi connectivity index (χ2v) is 9.44. The summed E-state index contributed by atoms with van der Waals surface area (Å²) in [6.45, 7) is 2.04. The minimum atomic E-state index is -3.09. The van der Waals surface area contributed by atoms with Crippen molar-refractivity contribution in [3.05, 3.63) is 28.2 Å². The average molecular weight is 360 g/mol. The maximum Gasteiger partial charge on any atom is 0.257 e. The van der Waals surface area contributed by atoms with Gasteiger partial charge in [0.1, 0.15) is 0 Å². The first-order chi connectivity index (χ1) is 10.4. The number of hydrogen-bond donors (Lipinski definition) is 1. The van der Waals surface area contributed by atoms with Crippen molar-refractivity contribution in [2.24, 2.45) is 0 Å². The molecule has 1 aliphatic heterocycles. The molecule has 6 nitrogen and oxygen atoms in total. The van der Waals surface area contributed by atoms with E-state index in [1.807, 2.05) is 6.07 Å². The molecular weight excluding hydrogens is 346 g/mol. The van der Waals surface area contributed by atoms with E-state index in [4.69, 9.17) is 11.6 Å². The van der Waals surface area contributed by atoms with Gasteiger partial charge in [-0.15, -0.1) is 11.3 Å². The van der Waals surface area contributed by atoms with Crippen molar-refractivity contribution < 1.29 is 13.2 Å². The van der Waals surface area contributed by atoms with Gasteiger partial charge in [-0.3, -0.25) is 9.89 Å². The second-order valence-electron chi connectivity index (χ2n) is 5.19. The van der Waals surface area contributed by atoms with Gasteiger partial charge in [0.2, 0.25) is 0 Å². The van der Waals surface area contributed by atoms with Crippen LogP contribution in [0.4, 0.5) is 0 Å². The Hall–Kier alpha value is -1.38. The lowest BCUT2D eigenvalue weighted by Crippen LogP contribution is -2.48. The number of rotatable bonds is 2. The maximum atomic E-state index is 12.7. The van der Waals surface area contributed by atoms with Crippen molar-refractivity contribution in [2.75, 3.05) is 18.8 Å². The standard InChI is InChI=1S/C13H14ClN3O3S2/c1-8-7-17(4-5-22(8,19)20)13(18)9-6-15-16-12(9)10-2-3-11(14)21-10/h2-3,6,8H,4-5,7H2,1H3,(H,15,16). The summed E-state index contributed by atoms with van der Waals surface area (Å²) < 4.78 is 24.1. The summed E-state index contributed by atoms with van der Waals surface area (Å²) in [6, 6.07) is 3.58. The molecule has 1 amide bonds. The molecule has 9 heteroatoms. The predicted molar refractivity (Wildman–Crippen MR) is 86.1 cm³/mol. The van der Waals surface area contributed by atoms with Crippen LogP contribution in [0, 0.1) is 0 Å². The lowest BCUT2D eigenvalue weighted by Gasteiger charge is -2.30. The first-order valence-electron chi connectivity index (χ1n) is 6.68. The zero-order valence-corrected chi connectivity index (χ0v) is 14.1. The summed E-state index contributed by atoms with van der Waals surface area (Å²) in [5.74, 6) is -0.215. The van der Waals surface area contributed by atoms with Crippen LogP contribution in [0.15, 0.2) is 18.3 Å². The van der Waals surface area contributed by atoms with E-state index in [0.29, 0.717) is 15.6 Å². The predicted octanol–water partition coefficient (Wildman–Crippen LogP) is 2.05. The van der Waals surface area contributed by atoms with Crippen LogP contribution >= 0.6 is 22.9 Å². The van der Waals surface area contributed by atoms with Gasteiger partial charge in [0, 0.05) is 13.1 Å². The summed E-state index contributed by atoms with van der Waals surface area (Å²) in [6.07, 6.45) is 1.47. The van der Waals surface area contributed by atoms with Gasteiger partial charge in [-0.1, -0.05) is 11.6 Å². The summed E-state index contributed by atoms with van der Waals surface area (Å²) in [4.78, 5) is 15.0. The van der Waals surface area contributed by atoms with E-state index in [-0.39, 0.29) is 24.7 Å². The number of H-pyrrole nitrogens is 1. The highest BCUT2D eigenvalue weighted by Crippen LogP contribution is 2.32. The van der Waals surface area contributed by atoms with E-state index in [2.05, 4.69) is 10.2 Å². The van der Waals surface area contributed by atoms with Crippen LogP contribution in [0.2, 0.25) is 4.34 Å². The van der Waals surface area contributed by atoms with Crippen LogP contribution < -0.4 is 0 Å². The second kappa shape index (κ2) is 5.68. The molecule has 2 aromatic heterocycles. The van der Waals surface area contributed by atoms with E-state index >= 15 is 0 Å². The number of halogens is 1. The minimum Gasteiger partial charge on any atom is -0.336 e. The number of carbonyl (C=O) groups excluding carboxylic acids is 1. The lowest BCUT2D eigenvalue weighted by atomic mass is 10.2. The molecule has 0 aliphatic carbocycles. The molecule has 2 aromatic rings. The van der Waals surface area contributed by atoms with E-state index in [9.17, 15) is 13.2 Å². The van der Waals surface area contributed by atoms with Crippen LogP contribution in [-0.4, -0.2) is 53.5 Å². The van der Waals surface area contributed by atoms with Gasteiger partial charge in [-0.25, -0.2) is 8.42 Å². The van der Waals surface area contributed by atoms with Gasteiger partial charge in [0.25, 0.3) is 5.91 Å². The van der Waals surface area contributed by atoms with E-state index in [1.54, 1.807) is 17.9 Å².